The maximum absolute atomic E-state index is 11.5. The standard InChI is InChI=1S/C18H39N7O3/c1-15(19)6-10-22-11-7-16(14-25-18(27)28-13-12-26)23-8-4-2-3-5-9-24-17(20)21/h12,15-16,22-23H,2-11,13-14,19H2,1H3,(H,25,27)(H4,20,21,24). The van der Waals surface area contributed by atoms with Crippen LogP contribution in [0.1, 0.15) is 45.4 Å². The predicted octanol–water partition coefficient (Wildman–Crippen LogP) is -0.579. The minimum Gasteiger partial charge on any atom is -0.442 e. The summed E-state index contributed by atoms with van der Waals surface area (Å²) in [5.74, 6) is 0.137. The van der Waals surface area contributed by atoms with Gasteiger partial charge in [0.1, 0.15) is 6.61 Å². The molecule has 0 radical (unpaired) electrons. The van der Waals surface area contributed by atoms with Crippen molar-refractivity contribution < 1.29 is 14.3 Å². The maximum Gasteiger partial charge on any atom is 0.407 e. The summed E-state index contributed by atoms with van der Waals surface area (Å²) in [7, 11) is 0. The largest absolute Gasteiger partial charge is 0.442 e. The maximum atomic E-state index is 11.5. The lowest BCUT2D eigenvalue weighted by atomic mass is 10.1. The smallest absolute Gasteiger partial charge is 0.407 e. The molecule has 0 aliphatic carbocycles. The van der Waals surface area contributed by atoms with E-state index >= 15 is 0 Å². The monoisotopic (exact) mass is 401 g/mol. The second-order valence-electron chi connectivity index (χ2n) is 6.82. The number of hydrogen-bond acceptors (Lipinski definition) is 7. The lowest BCUT2D eigenvalue weighted by Crippen LogP contribution is -2.43. The SMILES string of the molecule is CC(N)CCNCCC(CNC(=O)OCC=O)NCCCCCCN=C(N)N. The number of alkyl carbamates (subject to hydrolysis) is 1. The summed E-state index contributed by atoms with van der Waals surface area (Å²) < 4.78 is 4.70. The van der Waals surface area contributed by atoms with Crippen LogP contribution in [0.25, 0.3) is 0 Å². The molecule has 0 aromatic heterocycles. The zero-order valence-electron chi connectivity index (χ0n) is 17.1. The molecule has 10 heteroatoms. The molecule has 0 aliphatic heterocycles. The van der Waals surface area contributed by atoms with Crippen molar-refractivity contribution in [3.05, 3.63) is 0 Å². The molecule has 1 amide bonds. The summed E-state index contributed by atoms with van der Waals surface area (Å²) in [4.78, 5) is 25.7. The third kappa shape index (κ3) is 18.9. The Morgan fingerprint density at radius 2 is 1.82 bits per heavy atom. The van der Waals surface area contributed by atoms with Crippen molar-refractivity contribution in [3.63, 3.8) is 0 Å². The lowest BCUT2D eigenvalue weighted by Gasteiger charge is -2.20. The number of hydrogen-bond donors (Lipinski definition) is 6. The van der Waals surface area contributed by atoms with Crippen LogP contribution in [0, 0.1) is 0 Å². The van der Waals surface area contributed by atoms with E-state index in [-0.39, 0.29) is 24.7 Å². The second kappa shape index (κ2) is 18.5. The van der Waals surface area contributed by atoms with Gasteiger partial charge in [0.05, 0.1) is 0 Å². The molecule has 0 heterocycles. The lowest BCUT2D eigenvalue weighted by molar-refractivity contribution is -0.110. The number of nitrogens with zero attached hydrogens (tertiary/aromatic N) is 1. The van der Waals surface area contributed by atoms with Crippen molar-refractivity contribution in [1.82, 2.24) is 16.0 Å². The number of amides is 1. The van der Waals surface area contributed by atoms with Gasteiger partial charge in [-0.1, -0.05) is 12.8 Å². The topological polar surface area (TPSA) is 170 Å². The minimum atomic E-state index is -0.580. The van der Waals surface area contributed by atoms with E-state index in [1.807, 2.05) is 6.92 Å². The highest BCUT2D eigenvalue weighted by molar-refractivity contribution is 5.75. The Bertz CT molecular complexity index is 429. The molecule has 164 valence electrons. The molecule has 0 aromatic rings. The van der Waals surface area contributed by atoms with Gasteiger partial charge in [0.2, 0.25) is 0 Å². The Labute approximate surface area is 168 Å². The Hall–Kier alpha value is -1.91. The first-order chi connectivity index (χ1) is 13.5. The van der Waals surface area contributed by atoms with Gasteiger partial charge >= 0.3 is 6.09 Å². The summed E-state index contributed by atoms with van der Waals surface area (Å²) in [6.45, 7) is 5.41. The van der Waals surface area contributed by atoms with E-state index in [9.17, 15) is 9.59 Å². The molecule has 0 bridgehead atoms. The number of nitrogens with two attached hydrogens (primary N) is 3. The van der Waals surface area contributed by atoms with E-state index in [1.165, 1.54) is 0 Å². The van der Waals surface area contributed by atoms with E-state index in [0.717, 1.165) is 58.2 Å². The average Bonchev–Trinajstić information content (AvgIpc) is 2.64. The summed E-state index contributed by atoms with van der Waals surface area (Å²) in [6, 6.07) is 0.302. The fourth-order valence-corrected chi connectivity index (χ4v) is 2.48. The van der Waals surface area contributed by atoms with E-state index in [0.29, 0.717) is 19.4 Å². The first-order valence-corrected chi connectivity index (χ1v) is 10.0. The normalized spacial score (nSPS) is 12.8. The highest BCUT2D eigenvalue weighted by Crippen LogP contribution is 2.00. The molecule has 0 spiro atoms. The third-order valence-corrected chi connectivity index (χ3v) is 4.03. The van der Waals surface area contributed by atoms with E-state index in [1.54, 1.807) is 0 Å². The van der Waals surface area contributed by atoms with E-state index < -0.39 is 6.09 Å². The molecule has 28 heavy (non-hydrogen) atoms. The Kier molecular flexibility index (Phi) is 17.2. The molecular weight excluding hydrogens is 362 g/mol. The van der Waals surface area contributed by atoms with Crippen LogP contribution in [0.2, 0.25) is 0 Å². The molecule has 0 fully saturated rings. The van der Waals surface area contributed by atoms with E-state index in [4.69, 9.17) is 21.9 Å². The van der Waals surface area contributed by atoms with Crippen LogP contribution in [0.5, 0.6) is 0 Å². The third-order valence-electron chi connectivity index (χ3n) is 4.03. The number of guanidine groups is 1. The number of ether oxygens (including phenoxy) is 1. The number of aldehydes is 1. The summed E-state index contributed by atoms with van der Waals surface area (Å²) >= 11 is 0. The number of carbonyl (C=O) groups excluding carboxylic acids is 2. The van der Waals surface area contributed by atoms with Crippen molar-refractivity contribution in [1.29, 1.82) is 0 Å². The number of rotatable bonds is 18. The molecule has 2 atom stereocenters. The molecule has 0 aliphatic rings. The van der Waals surface area contributed by atoms with Gasteiger partial charge < -0.3 is 37.9 Å². The summed E-state index contributed by atoms with van der Waals surface area (Å²) in [5, 5.41) is 9.52. The molecule has 0 aromatic carbocycles. The van der Waals surface area contributed by atoms with Gasteiger partial charge in [-0.15, -0.1) is 0 Å². The number of carbonyl (C=O) groups is 2. The average molecular weight is 402 g/mol. The molecule has 9 N–H and O–H groups in total. The number of unbranched alkanes of at least 4 members (excludes halogenated alkanes) is 3. The van der Waals surface area contributed by atoms with Crippen molar-refractivity contribution in [2.24, 2.45) is 22.2 Å². The van der Waals surface area contributed by atoms with Gasteiger partial charge in [0, 0.05) is 25.2 Å². The van der Waals surface area contributed by atoms with Crippen LogP contribution in [-0.2, 0) is 9.53 Å². The van der Waals surface area contributed by atoms with Crippen LogP contribution in [0.3, 0.4) is 0 Å². The molecule has 0 saturated carbocycles. The van der Waals surface area contributed by atoms with E-state index in [2.05, 4.69) is 20.9 Å². The first kappa shape index (κ1) is 26.1. The number of aliphatic imine (C=N–C) groups is 1. The van der Waals surface area contributed by atoms with Crippen molar-refractivity contribution in [2.75, 3.05) is 39.3 Å². The molecule has 0 rings (SSSR count). The van der Waals surface area contributed by atoms with Crippen LogP contribution in [0.4, 0.5) is 4.79 Å². The molecule has 2 unspecified atom stereocenters. The molecule has 0 saturated heterocycles. The molecule has 10 nitrogen and oxygen atoms in total. The number of nitrogens with one attached hydrogen (secondary N) is 3. The quantitative estimate of drug-likeness (QED) is 0.0766. The second-order valence-corrected chi connectivity index (χ2v) is 6.82. The van der Waals surface area contributed by atoms with Gasteiger partial charge in [-0.3, -0.25) is 9.79 Å². The van der Waals surface area contributed by atoms with Gasteiger partial charge in [0.15, 0.2) is 12.2 Å². The highest BCUT2D eigenvalue weighted by atomic mass is 16.5. The zero-order chi connectivity index (χ0) is 21.0. The minimum absolute atomic E-state index is 0.119. The Morgan fingerprint density at radius 3 is 2.50 bits per heavy atom. The van der Waals surface area contributed by atoms with Gasteiger partial charge in [-0.25, -0.2) is 4.79 Å². The summed E-state index contributed by atoms with van der Waals surface area (Å²) in [6.07, 6.45) is 5.90. The van der Waals surface area contributed by atoms with Crippen molar-refractivity contribution in [3.8, 4) is 0 Å². The van der Waals surface area contributed by atoms with Crippen LogP contribution >= 0.6 is 0 Å². The van der Waals surface area contributed by atoms with Crippen LogP contribution in [-0.4, -0.2) is 69.8 Å². The van der Waals surface area contributed by atoms with Crippen LogP contribution in [0.15, 0.2) is 4.99 Å². The highest BCUT2D eigenvalue weighted by Gasteiger charge is 2.10. The zero-order valence-corrected chi connectivity index (χ0v) is 17.1. The van der Waals surface area contributed by atoms with Crippen molar-refractivity contribution >= 4 is 18.3 Å². The van der Waals surface area contributed by atoms with Gasteiger partial charge in [-0.05, 0) is 52.2 Å². The molecular formula is C18H39N7O3. The first-order valence-electron chi connectivity index (χ1n) is 10.0. The predicted molar refractivity (Wildman–Crippen MR) is 112 cm³/mol. The van der Waals surface area contributed by atoms with Crippen molar-refractivity contribution in [2.45, 2.75) is 57.5 Å². The van der Waals surface area contributed by atoms with Crippen LogP contribution < -0.4 is 33.2 Å². The fourth-order valence-electron chi connectivity index (χ4n) is 2.48. The Morgan fingerprint density at radius 1 is 1.11 bits per heavy atom. The Balaban J connectivity index is 4.01. The van der Waals surface area contributed by atoms with Gasteiger partial charge in [-0.2, -0.15) is 0 Å². The van der Waals surface area contributed by atoms with Gasteiger partial charge in [0.25, 0.3) is 0 Å². The fraction of sp³-hybridized carbons (Fsp3) is 0.833. The summed E-state index contributed by atoms with van der Waals surface area (Å²) in [5.41, 5.74) is 16.3.